The highest BCUT2D eigenvalue weighted by molar-refractivity contribution is 5.87. The number of ether oxygens (including phenoxy) is 1. The van der Waals surface area contributed by atoms with E-state index in [-0.39, 0.29) is 28.4 Å². The molecule has 3 aromatic rings. The molecule has 0 atom stereocenters. The fraction of sp³-hybridized carbons (Fsp3) is 0.167. The first kappa shape index (κ1) is 15.0. The minimum absolute atomic E-state index is 0.0694. The summed E-state index contributed by atoms with van der Waals surface area (Å²) in [6.07, 6.45) is 0. The number of phenols is 2. The number of fused-ring (bicyclic) bond motifs is 1. The van der Waals surface area contributed by atoms with Gasteiger partial charge in [-0.2, -0.15) is 0 Å². The van der Waals surface area contributed by atoms with Gasteiger partial charge < -0.3 is 19.4 Å². The van der Waals surface area contributed by atoms with Crippen molar-refractivity contribution in [2.45, 2.75) is 13.8 Å². The summed E-state index contributed by atoms with van der Waals surface area (Å²) >= 11 is 0. The SMILES string of the molecule is COc1c(-c2ccc(O)cc2)oc2cc(O)c(C)c(C)c2c1=O. The first-order chi connectivity index (χ1) is 10.9. The van der Waals surface area contributed by atoms with Crippen LogP contribution in [0.4, 0.5) is 0 Å². The van der Waals surface area contributed by atoms with Gasteiger partial charge in [-0.25, -0.2) is 0 Å². The Balaban J connectivity index is 2.42. The van der Waals surface area contributed by atoms with Gasteiger partial charge in [-0.15, -0.1) is 0 Å². The van der Waals surface area contributed by atoms with Gasteiger partial charge in [-0.05, 0) is 49.2 Å². The fourth-order valence-electron chi connectivity index (χ4n) is 2.59. The maximum absolute atomic E-state index is 12.8. The molecule has 0 aliphatic carbocycles. The molecule has 5 nitrogen and oxygen atoms in total. The maximum Gasteiger partial charge on any atom is 0.235 e. The first-order valence-electron chi connectivity index (χ1n) is 7.07. The summed E-state index contributed by atoms with van der Waals surface area (Å²) in [5.41, 5.74) is 1.88. The van der Waals surface area contributed by atoms with E-state index in [1.54, 1.807) is 26.0 Å². The lowest BCUT2D eigenvalue weighted by atomic mass is 10.0. The molecule has 0 unspecified atom stereocenters. The molecule has 2 N–H and O–H groups in total. The minimum Gasteiger partial charge on any atom is -0.508 e. The van der Waals surface area contributed by atoms with Crippen LogP contribution in [0.25, 0.3) is 22.3 Å². The number of methoxy groups -OCH3 is 1. The molecule has 118 valence electrons. The molecular formula is C18H16O5. The molecule has 0 saturated heterocycles. The largest absolute Gasteiger partial charge is 0.508 e. The number of phenolic OH excluding ortho intramolecular Hbond substituents is 2. The van der Waals surface area contributed by atoms with Crippen molar-refractivity contribution in [3.05, 3.63) is 51.7 Å². The number of aromatic hydroxyl groups is 2. The lowest BCUT2D eigenvalue weighted by Crippen LogP contribution is -2.09. The molecule has 0 aliphatic rings. The monoisotopic (exact) mass is 312 g/mol. The molecule has 2 aromatic carbocycles. The number of rotatable bonds is 2. The van der Waals surface area contributed by atoms with E-state index in [0.717, 1.165) is 0 Å². The fourth-order valence-corrected chi connectivity index (χ4v) is 2.59. The quantitative estimate of drug-likeness (QED) is 0.757. The Morgan fingerprint density at radius 2 is 1.70 bits per heavy atom. The average Bonchev–Trinajstić information content (AvgIpc) is 2.53. The van der Waals surface area contributed by atoms with Gasteiger partial charge in [0.05, 0.1) is 12.5 Å². The molecular weight excluding hydrogens is 296 g/mol. The third kappa shape index (κ3) is 2.30. The highest BCUT2D eigenvalue weighted by Gasteiger charge is 2.20. The van der Waals surface area contributed by atoms with Crippen LogP contribution in [-0.4, -0.2) is 17.3 Å². The van der Waals surface area contributed by atoms with Crippen molar-refractivity contribution in [1.82, 2.24) is 0 Å². The van der Waals surface area contributed by atoms with Gasteiger partial charge in [-0.1, -0.05) is 0 Å². The third-order valence-electron chi connectivity index (χ3n) is 4.02. The Bertz CT molecular complexity index is 952. The highest BCUT2D eigenvalue weighted by Crippen LogP contribution is 2.35. The van der Waals surface area contributed by atoms with Crippen LogP contribution in [0.3, 0.4) is 0 Å². The lowest BCUT2D eigenvalue weighted by Gasteiger charge is -2.12. The molecule has 0 aliphatic heterocycles. The Morgan fingerprint density at radius 3 is 2.30 bits per heavy atom. The van der Waals surface area contributed by atoms with E-state index in [2.05, 4.69) is 0 Å². The van der Waals surface area contributed by atoms with Crippen LogP contribution in [0.1, 0.15) is 11.1 Å². The zero-order valence-corrected chi connectivity index (χ0v) is 13.0. The van der Waals surface area contributed by atoms with E-state index in [9.17, 15) is 15.0 Å². The van der Waals surface area contributed by atoms with Gasteiger partial charge in [0.15, 0.2) is 5.76 Å². The summed E-state index contributed by atoms with van der Waals surface area (Å²) in [6, 6.07) is 7.68. The van der Waals surface area contributed by atoms with Gasteiger partial charge in [0.25, 0.3) is 0 Å². The van der Waals surface area contributed by atoms with Crippen LogP contribution in [0, 0.1) is 13.8 Å². The highest BCUT2D eigenvalue weighted by atomic mass is 16.5. The number of hydrogen-bond acceptors (Lipinski definition) is 5. The van der Waals surface area contributed by atoms with Crippen LogP contribution in [0.15, 0.2) is 39.5 Å². The summed E-state index contributed by atoms with van der Waals surface area (Å²) < 4.78 is 11.1. The van der Waals surface area contributed by atoms with Crippen molar-refractivity contribution in [2.24, 2.45) is 0 Å². The Hall–Kier alpha value is -2.95. The lowest BCUT2D eigenvalue weighted by molar-refractivity contribution is 0.398. The molecule has 0 radical (unpaired) electrons. The van der Waals surface area contributed by atoms with Crippen molar-refractivity contribution in [2.75, 3.05) is 7.11 Å². The number of benzene rings is 2. The van der Waals surface area contributed by atoms with E-state index >= 15 is 0 Å². The summed E-state index contributed by atoms with van der Waals surface area (Å²) in [7, 11) is 1.41. The van der Waals surface area contributed by atoms with E-state index in [0.29, 0.717) is 27.7 Å². The molecule has 0 saturated carbocycles. The van der Waals surface area contributed by atoms with E-state index in [1.807, 2.05) is 0 Å². The normalized spacial score (nSPS) is 10.9. The zero-order chi connectivity index (χ0) is 16.7. The molecule has 0 fully saturated rings. The smallest absolute Gasteiger partial charge is 0.235 e. The molecule has 23 heavy (non-hydrogen) atoms. The van der Waals surface area contributed by atoms with Crippen molar-refractivity contribution >= 4 is 11.0 Å². The zero-order valence-electron chi connectivity index (χ0n) is 13.0. The minimum atomic E-state index is -0.294. The molecule has 1 aromatic heterocycles. The third-order valence-corrected chi connectivity index (χ3v) is 4.02. The van der Waals surface area contributed by atoms with Crippen LogP contribution in [0.2, 0.25) is 0 Å². The van der Waals surface area contributed by atoms with Gasteiger partial charge in [0, 0.05) is 11.6 Å². The van der Waals surface area contributed by atoms with Crippen LogP contribution in [-0.2, 0) is 0 Å². The Kier molecular flexibility index (Phi) is 3.48. The first-order valence-corrected chi connectivity index (χ1v) is 7.07. The van der Waals surface area contributed by atoms with Gasteiger partial charge in [0.2, 0.25) is 11.2 Å². The van der Waals surface area contributed by atoms with E-state index in [1.165, 1.54) is 25.3 Å². The molecule has 1 heterocycles. The molecule has 0 spiro atoms. The standard InChI is InChI=1S/C18H16O5/c1-9-10(2)15-14(8-13(9)20)23-17(18(22-3)16(15)21)11-4-6-12(19)7-5-11/h4-8,19-20H,1-3H3. The summed E-state index contributed by atoms with van der Waals surface area (Å²) in [5, 5.41) is 19.8. The van der Waals surface area contributed by atoms with Gasteiger partial charge in [-0.3, -0.25) is 4.79 Å². The van der Waals surface area contributed by atoms with Crippen molar-refractivity contribution in [3.63, 3.8) is 0 Å². The van der Waals surface area contributed by atoms with Gasteiger partial charge >= 0.3 is 0 Å². The Morgan fingerprint density at radius 1 is 1.04 bits per heavy atom. The summed E-state index contributed by atoms with van der Waals surface area (Å²) in [4.78, 5) is 12.8. The van der Waals surface area contributed by atoms with Crippen molar-refractivity contribution < 1.29 is 19.4 Å². The van der Waals surface area contributed by atoms with Crippen molar-refractivity contribution in [3.8, 4) is 28.6 Å². The molecule has 5 heteroatoms. The number of hydrogen-bond donors (Lipinski definition) is 2. The second kappa shape index (κ2) is 5.35. The predicted molar refractivity (Wildman–Crippen MR) is 87.3 cm³/mol. The second-order valence-electron chi connectivity index (χ2n) is 5.36. The van der Waals surface area contributed by atoms with E-state index in [4.69, 9.17) is 9.15 Å². The molecule has 0 amide bonds. The Labute approximate surface area is 132 Å². The van der Waals surface area contributed by atoms with E-state index < -0.39 is 0 Å². The molecule has 3 rings (SSSR count). The molecule has 0 bridgehead atoms. The summed E-state index contributed by atoms with van der Waals surface area (Å²) in [5.74, 6) is 0.531. The van der Waals surface area contributed by atoms with Crippen molar-refractivity contribution in [1.29, 1.82) is 0 Å². The van der Waals surface area contributed by atoms with Crippen LogP contribution < -0.4 is 10.2 Å². The number of aryl methyl sites for hydroxylation is 1. The van der Waals surface area contributed by atoms with Crippen LogP contribution in [0.5, 0.6) is 17.2 Å². The topological polar surface area (TPSA) is 79.9 Å². The summed E-state index contributed by atoms with van der Waals surface area (Å²) in [6.45, 7) is 3.50. The average molecular weight is 312 g/mol. The maximum atomic E-state index is 12.8. The predicted octanol–water partition coefficient (Wildman–Crippen LogP) is 3.50. The van der Waals surface area contributed by atoms with Crippen LogP contribution >= 0.6 is 0 Å². The van der Waals surface area contributed by atoms with Gasteiger partial charge in [0.1, 0.15) is 17.1 Å². The second-order valence-corrected chi connectivity index (χ2v) is 5.36.